The van der Waals surface area contributed by atoms with E-state index in [4.69, 9.17) is 29.4 Å². The monoisotopic (exact) mass is 387 g/mol. The van der Waals surface area contributed by atoms with E-state index in [-0.39, 0.29) is 6.61 Å². The fraction of sp³-hybridized carbons (Fsp3) is 0.429. The van der Waals surface area contributed by atoms with Gasteiger partial charge in [0.1, 0.15) is 24.1 Å². The molecule has 7 nitrogen and oxygen atoms in total. The van der Waals surface area contributed by atoms with Gasteiger partial charge in [0.25, 0.3) is 0 Å². The van der Waals surface area contributed by atoms with Crippen LogP contribution in [0.2, 0.25) is 0 Å². The van der Waals surface area contributed by atoms with Gasteiger partial charge in [0.05, 0.1) is 26.4 Å². The van der Waals surface area contributed by atoms with Gasteiger partial charge in [-0.05, 0) is 17.7 Å². The number of benzene rings is 2. The van der Waals surface area contributed by atoms with Gasteiger partial charge in [0.2, 0.25) is 0 Å². The van der Waals surface area contributed by atoms with Crippen molar-refractivity contribution in [3.05, 3.63) is 65.7 Å². The van der Waals surface area contributed by atoms with Crippen LogP contribution in [-0.2, 0) is 25.6 Å². The van der Waals surface area contributed by atoms with Gasteiger partial charge < -0.3 is 34.5 Å². The lowest BCUT2D eigenvalue weighted by Crippen LogP contribution is -2.64. The van der Waals surface area contributed by atoms with E-state index in [1.807, 2.05) is 54.6 Å². The van der Waals surface area contributed by atoms with Crippen molar-refractivity contribution >= 4 is 0 Å². The van der Waals surface area contributed by atoms with Crippen molar-refractivity contribution in [3.8, 4) is 5.75 Å². The summed E-state index contributed by atoms with van der Waals surface area (Å²) in [5.41, 5.74) is 8.02. The lowest BCUT2D eigenvalue weighted by Gasteiger charge is -2.46. The lowest BCUT2D eigenvalue weighted by molar-refractivity contribution is -0.343. The Morgan fingerprint density at radius 3 is 2.54 bits per heavy atom. The largest absolute Gasteiger partial charge is 0.497 e. The van der Waals surface area contributed by atoms with Crippen LogP contribution in [0.25, 0.3) is 0 Å². The molecular formula is C21H25NO6. The van der Waals surface area contributed by atoms with E-state index in [1.54, 1.807) is 7.11 Å². The Morgan fingerprint density at radius 2 is 1.82 bits per heavy atom. The van der Waals surface area contributed by atoms with Crippen LogP contribution in [0.4, 0.5) is 0 Å². The van der Waals surface area contributed by atoms with Crippen molar-refractivity contribution in [3.63, 3.8) is 0 Å². The molecule has 0 spiro atoms. The predicted molar refractivity (Wildman–Crippen MR) is 100 cm³/mol. The van der Waals surface area contributed by atoms with Gasteiger partial charge in [-0.2, -0.15) is 0 Å². The number of ether oxygens (including phenoxy) is 5. The second kappa shape index (κ2) is 8.57. The molecule has 28 heavy (non-hydrogen) atoms. The molecule has 2 fully saturated rings. The van der Waals surface area contributed by atoms with Gasteiger partial charge in [-0.1, -0.05) is 42.5 Å². The number of rotatable bonds is 5. The standard InChI is InChI=1S/C21H25NO6/c1-24-15-9-7-14(8-10-15)20-26-12-16-19(28-20)18(23)17(22)21(27-16)25-11-13-5-3-2-4-6-13/h2-10,16-21,23H,11-12,22H2,1H3/t16-,17-,18-,19-,20?,21+/m1/s1. The summed E-state index contributed by atoms with van der Waals surface area (Å²) in [5.74, 6) is 0.749. The Balaban J connectivity index is 1.39. The highest BCUT2D eigenvalue weighted by Gasteiger charge is 2.48. The Morgan fingerprint density at radius 1 is 1.07 bits per heavy atom. The molecule has 0 bridgehead atoms. The average Bonchev–Trinajstić information content (AvgIpc) is 2.76. The normalized spacial score (nSPS) is 32.5. The van der Waals surface area contributed by atoms with Crippen LogP contribution < -0.4 is 10.5 Å². The summed E-state index contributed by atoms with van der Waals surface area (Å²) < 4.78 is 28.7. The fourth-order valence-corrected chi connectivity index (χ4v) is 3.45. The van der Waals surface area contributed by atoms with Gasteiger partial charge in [0.15, 0.2) is 12.6 Å². The minimum absolute atomic E-state index is 0.274. The van der Waals surface area contributed by atoms with Gasteiger partial charge in [-0.25, -0.2) is 0 Å². The second-order valence-electron chi connectivity index (χ2n) is 6.95. The Hall–Kier alpha value is -2.00. The summed E-state index contributed by atoms with van der Waals surface area (Å²) in [5, 5.41) is 10.7. The van der Waals surface area contributed by atoms with E-state index in [9.17, 15) is 5.11 Å². The molecule has 2 aliphatic heterocycles. The molecule has 0 saturated carbocycles. The number of fused-ring (bicyclic) bond motifs is 1. The Bertz CT molecular complexity index is 753. The van der Waals surface area contributed by atoms with Crippen LogP contribution in [0.1, 0.15) is 17.4 Å². The van der Waals surface area contributed by atoms with Crippen molar-refractivity contribution in [1.82, 2.24) is 0 Å². The maximum Gasteiger partial charge on any atom is 0.184 e. The zero-order chi connectivity index (χ0) is 19.5. The molecular weight excluding hydrogens is 362 g/mol. The van der Waals surface area contributed by atoms with Crippen LogP contribution in [-0.4, -0.2) is 49.5 Å². The van der Waals surface area contributed by atoms with Crippen LogP contribution in [0, 0.1) is 0 Å². The first-order valence-corrected chi connectivity index (χ1v) is 9.31. The number of hydrogen-bond acceptors (Lipinski definition) is 7. The maximum absolute atomic E-state index is 10.7. The molecule has 2 aromatic rings. The molecule has 4 rings (SSSR count). The molecule has 0 aromatic heterocycles. The Kier molecular flexibility index (Phi) is 5.91. The first-order valence-electron chi connectivity index (χ1n) is 9.31. The van der Waals surface area contributed by atoms with Crippen molar-refractivity contribution in [2.24, 2.45) is 5.73 Å². The molecule has 2 saturated heterocycles. The first kappa shape index (κ1) is 19.3. The second-order valence-corrected chi connectivity index (χ2v) is 6.95. The van der Waals surface area contributed by atoms with E-state index < -0.39 is 36.9 Å². The molecule has 150 valence electrons. The van der Waals surface area contributed by atoms with Crippen LogP contribution >= 0.6 is 0 Å². The van der Waals surface area contributed by atoms with Crippen molar-refractivity contribution in [2.45, 2.75) is 43.5 Å². The highest BCUT2D eigenvalue weighted by Crippen LogP contribution is 2.34. The lowest BCUT2D eigenvalue weighted by atomic mass is 9.96. The van der Waals surface area contributed by atoms with Crippen LogP contribution in [0.5, 0.6) is 5.75 Å². The molecule has 3 N–H and O–H groups in total. The molecule has 7 heteroatoms. The van der Waals surface area contributed by atoms with Gasteiger partial charge >= 0.3 is 0 Å². The van der Waals surface area contributed by atoms with E-state index in [0.29, 0.717) is 6.61 Å². The van der Waals surface area contributed by atoms with Crippen molar-refractivity contribution < 1.29 is 28.8 Å². The van der Waals surface area contributed by atoms with E-state index in [2.05, 4.69) is 0 Å². The Labute approximate surface area is 163 Å². The number of aliphatic hydroxyl groups is 1. The third-order valence-corrected chi connectivity index (χ3v) is 5.06. The topological polar surface area (TPSA) is 92.4 Å². The molecule has 0 radical (unpaired) electrons. The molecule has 2 aliphatic rings. The van der Waals surface area contributed by atoms with Crippen LogP contribution in [0.3, 0.4) is 0 Å². The zero-order valence-corrected chi connectivity index (χ0v) is 15.6. The molecule has 2 aromatic carbocycles. The summed E-state index contributed by atoms with van der Waals surface area (Å²) in [7, 11) is 1.61. The van der Waals surface area contributed by atoms with E-state index in [0.717, 1.165) is 16.9 Å². The fourth-order valence-electron chi connectivity index (χ4n) is 3.45. The predicted octanol–water partition coefficient (Wildman–Crippen LogP) is 1.74. The maximum atomic E-state index is 10.7. The summed E-state index contributed by atoms with van der Waals surface area (Å²) in [6, 6.07) is 16.4. The first-order chi connectivity index (χ1) is 13.7. The smallest absolute Gasteiger partial charge is 0.184 e. The van der Waals surface area contributed by atoms with Gasteiger partial charge in [-0.3, -0.25) is 0 Å². The number of hydrogen-bond donors (Lipinski definition) is 2. The van der Waals surface area contributed by atoms with E-state index in [1.165, 1.54) is 0 Å². The highest BCUT2D eigenvalue weighted by molar-refractivity contribution is 5.28. The third kappa shape index (κ3) is 4.05. The molecule has 6 atom stereocenters. The summed E-state index contributed by atoms with van der Waals surface area (Å²) in [6.07, 6.45) is -3.30. The van der Waals surface area contributed by atoms with Gasteiger partial charge in [0, 0.05) is 5.56 Å². The molecule has 2 heterocycles. The van der Waals surface area contributed by atoms with Crippen LogP contribution in [0.15, 0.2) is 54.6 Å². The number of aliphatic hydroxyl groups excluding tert-OH is 1. The quantitative estimate of drug-likeness (QED) is 0.807. The summed E-state index contributed by atoms with van der Waals surface area (Å²) in [6.45, 7) is 0.621. The van der Waals surface area contributed by atoms with Gasteiger partial charge in [-0.15, -0.1) is 0 Å². The number of nitrogens with two attached hydrogens (primary N) is 1. The molecule has 1 unspecified atom stereocenters. The summed E-state index contributed by atoms with van der Waals surface area (Å²) >= 11 is 0. The van der Waals surface area contributed by atoms with Crippen molar-refractivity contribution in [2.75, 3.05) is 13.7 Å². The van der Waals surface area contributed by atoms with Crippen molar-refractivity contribution in [1.29, 1.82) is 0 Å². The SMILES string of the molecule is COc1ccc(C2OC[C@H]3O[C@H](OCc4ccccc4)[C@H](N)[C@@H](O)[C@@H]3O2)cc1. The minimum Gasteiger partial charge on any atom is -0.497 e. The third-order valence-electron chi connectivity index (χ3n) is 5.06. The van der Waals surface area contributed by atoms with E-state index >= 15 is 0 Å². The molecule has 0 aliphatic carbocycles. The minimum atomic E-state index is -0.927. The zero-order valence-electron chi connectivity index (χ0n) is 15.6. The number of methoxy groups -OCH3 is 1. The summed E-state index contributed by atoms with van der Waals surface area (Å²) in [4.78, 5) is 0. The highest BCUT2D eigenvalue weighted by atomic mass is 16.7. The average molecular weight is 387 g/mol. The molecule has 0 amide bonds.